The Kier molecular flexibility index (Phi) is 6.35. The lowest BCUT2D eigenvalue weighted by Crippen LogP contribution is -2.37. The molecule has 4 heterocycles. The molecule has 0 aliphatic carbocycles. The minimum atomic E-state index is -0.0961. The first-order valence-electron chi connectivity index (χ1n) is 10.6. The van der Waals surface area contributed by atoms with Crippen LogP contribution in [0.1, 0.15) is 12.1 Å². The summed E-state index contributed by atoms with van der Waals surface area (Å²) >= 11 is 2.87. The van der Waals surface area contributed by atoms with Crippen molar-refractivity contribution in [3.63, 3.8) is 0 Å². The lowest BCUT2D eigenvalue weighted by atomic mass is 10.2. The van der Waals surface area contributed by atoms with Crippen LogP contribution in [-0.4, -0.2) is 56.7 Å². The third kappa shape index (κ3) is 4.49. The highest BCUT2D eigenvalue weighted by molar-refractivity contribution is 7.98. The molecule has 1 aromatic carbocycles. The maximum Gasteiger partial charge on any atom is 0.262 e. The Morgan fingerprint density at radius 2 is 1.94 bits per heavy atom. The van der Waals surface area contributed by atoms with Crippen molar-refractivity contribution < 1.29 is 4.74 Å². The average molecular weight is 470 g/mol. The fourth-order valence-corrected chi connectivity index (χ4v) is 5.49. The molecule has 0 bridgehead atoms. The van der Waals surface area contributed by atoms with Gasteiger partial charge < -0.3 is 4.74 Å². The molecule has 166 valence electrons. The SMILES string of the molecule is O=c1c2ccccc2nc(SCc2cc(=O)n3ccsc3n2)n1CCCN1CCOCC1. The zero-order valence-corrected chi connectivity index (χ0v) is 19.1. The van der Waals surface area contributed by atoms with Gasteiger partial charge in [-0.05, 0) is 18.6 Å². The zero-order chi connectivity index (χ0) is 21.9. The molecule has 5 rings (SSSR count). The summed E-state index contributed by atoms with van der Waals surface area (Å²) in [4.78, 5) is 37.9. The number of rotatable bonds is 7. The molecule has 1 aliphatic rings. The summed E-state index contributed by atoms with van der Waals surface area (Å²) in [6.45, 7) is 4.90. The van der Waals surface area contributed by atoms with Gasteiger partial charge in [-0.25, -0.2) is 9.97 Å². The van der Waals surface area contributed by atoms with Gasteiger partial charge in [-0.2, -0.15) is 0 Å². The number of morpholine rings is 1. The van der Waals surface area contributed by atoms with E-state index in [-0.39, 0.29) is 11.1 Å². The third-order valence-corrected chi connectivity index (χ3v) is 7.26. The highest BCUT2D eigenvalue weighted by Gasteiger charge is 2.14. The van der Waals surface area contributed by atoms with Crippen molar-refractivity contribution in [3.8, 4) is 0 Å². The van der Waals surface area contributed by atoms with Gasteiger partial charge in [-0.3, -0.25) is 23.5 Å². The van der Waals surface area contributed by atoms with E-state index in [2.05, 4.69) is 9.88 Å². The van der Waals surface area contributed by atoms with Gasteiger partial charge in [0.05, 0.1) is 29.8 Å². The Bertz CT molecular complexity index is 1360. The van der Waals surface area contributed by atoms with Gasteiger partial charge in [-0.1, -0.05) is 23.9 Å². The van der Waals surface area contributed by atoms with Crippen LogP contribution in [0.4, 0.5) is 0 Å². The van der Waals surface area contributed by atoms with Crippen molar-refractivity contribution in [2.75, 3.05) is 32.8 Å². The molecule has 3 aromatic heterocycles. The average Bonchev–Trinajstić information content (AvgIpc) is 3.29. The van der Waals surface area contributed by atoms with Crippen LogP contribution in [0.3, 0.4) is 0 Å². The van der Waals surface area contributed by atoms with E-state index >= 15 is 0 Å². The Labute approximate surface area is 192 Å². The minimum Gasteiger partial charge on any atom is -0.379 e. The number of hydrogen-bond donors (Lipinski definition) is 0. The number of thiazole rings is 1. The normalized spacial score (nSPS) is 15.0. The van der Waals surface area contributed by atoms with Crippen molar-refractivity contribution in [2.24, 2.45) is 0 Å². The summed E-state index contributed by atoms with van der Waals surface area (Å²) in [5, 5.41) is 3.13. The summed E-state index contributed by atoms with van der Waals surface area (Å²) in [6, 6.07) is 8.99. The molecular formula is C22H23N5O3S2. The van der Waals surface area contributed by atoms with Crippen LogP contribution in [0.15, 0.2) is 56.7 Å². The summed E-state index contributed by atoms with van der Waals surface area (Å²) in [7, 11) is 0. The van der Waals surface area contributed by atoms with E-state index in [9.17, 15) is 9.59 Å². The molecule has 0 atom stereocenters. The topological polar surface area (TPSA) is 81.7 Å². The fraction of sp³-hybridized carbons (Fsp3) is 0.364. The van der Waals surface area contributed by atoms with Crippen LogP contribution in [0.25, 0.3) is 15.9 Å². The largest absolute Gasteiger partial charge is 0.379 e. The molecule has 0 radical (unpaired) electrons. The first-order valence-corrected chi connectivity index (χ1v) is 12.4. The van der Waals surface area contributed by atoms with Crippen LogP contribution in [0.5, 0.6) is 0 Å². The second-order valence-corrected chi connectivity index (χ2v) is 9.42. The Hall–Kier alpha value is -2.53. The lowest BCUT2D eigenvalue weighted by molar-refractivity contribution is 0.0368. The van der Waals surface area contributed by atoms with E-state index in [0.29, 0.717) is 39.0 Å². The second-order valence-electron chi connectivity index (χ2n) is 7.61. The van der Waals surface area contributed by atoms with Gasteiger partial charge in [0, 0.05) is 49.6 Å². The van der Waals surface area contributed by atoms with Crippen LogP contribution in [0.2, 0.25) is 0 Å². The molecule has 0 N–H and O–H groups in total. The van der Waals surface area contributed by atoms with Crippen molar-refractivity contribution in [2.45, 2.75) is 23.9 Å². The molecule has 8 nitrogen and oxygen atoms in total. The number of fused-ring (bicyclic) bond motifs is 2. The van der Waals surface area contributed by atoms with E-state index in [1.807, 2.05) is 29.6 Å². The Balaban J connectivity index is 1.40. The van der Waals surface area contributed by atoms with Crippen molar-refractivity contribution in [1.82, 2.24) is 23.8 Å². The summed E-state index contributed by atoms with van der Waals surface area (Å²) in [5.74, 6) is 0.470. The smallest absolute Gasteiger partial charge is 0.262 e. The molecule has 32 heavy (non-hydrogen) atoms. The molecule has 10 heteroatoms. The number of nitrogens with zero attached hydrogens (tertiary/aromatic N) is 5. The first-order chi connectivity index (χ1) is 15.7. The number of benzene rings is 1. The Morgan fingerprint density at radius 1 is 1.09 bits per heavy atom. The number of hydrogen-bond acceptors (Lipinski definition) is 8. The summed E-state index contributed by atoms with van der Waals surface area (Å²) in [5.41, 5.74) is 1.25. The number of thioether (sulfide) groups is 1. The molecule has 1 fully saturated rings. The summed E-state index contributed by atoms with van der Waals surface area (Å²) in [6.07, 6.45) is 2.58. The molecule has 0 unspecified atom stereocenters. The molecule has 0 amide bonds. The maximum absolute atomic E-state index is 13.2. The molecule has 1 saturated heterocycles. The van der Waals surface area contributed by atoms with Crippen molar-refractivity contribution in [3.05, 3.63) is 68.3 Å². The van der Waals surface area contributed by atoms with Crippen LogP contribution in [0, 0.1) is 0 Å². The highest BCUT2D eigenvalue weighted by atomic mass is 32.2. The predicted molar refractivity (Wildman–Crippen MR) is 127 cm³/mol. The van der Waals surface area contributed by atoms with Gasteiger partial charge in [-0.15, -0.1) is 11.3 Å². The number of ether oxygens (including phenoxy) is 1. The molecule has 0 saturated carbocycles. The second kappa shape index (κ2) is 9.53. The van der Waals surface area contributed by atoms with Gasteiger partial charge in [0.15, 0.2) is 10.1 Å². The van der Waals surface area contributed by atoms with Gasteiger partial charge in [0.2, 0.25) is 0 Å². The van der Waals surface area contributed by atoms with Gasteiger partial charge in [0.1, 0.15) is 0 Å². The van der Waals surface area contributed by atoms with E-state index < -0.39 is 0 Å². The van der Waals surface area contributed by atoms with Crippen LogP contribution in [-0.2, 0) is 17.0 Å². The third-order valence-electron chi connectivity index (χ3n) is 5.49. The van der Waals surface area contributed by atoms with E-state index in [1.165, 1.54) is 27.5 Å². The van der Waals surface area contributed by atoms with Crippen molar-refractivity contribution in [1.29, 1.82) is 0 Å². The minimum absolute atomic E-state index is 0.0261. The number of aromatic nitrogens is 4. The van der Waals surface area contributed by atoms with Crippen LogP contribution >= 0.6 is 23.1 Å². The van der Waals surface area contributed by atoms with Gasteiger partial charge in [0.25, 0.3) is 11.1 Å². The molecule has 1 aliphatic heterocycles. The molecule has 0 spiro atoms. The van der Waals surface area contributed by atoms with E-state index in [1.54, 1.807) is 16.8 Å². The maximum atomic E-state index is 13.2. The van der Waals surface area contributed by atoms with Crippen LogP contribution < -0.4 is 11.1 Å². The number of para-hydroxylation sites is 1. The zero-order valence-electron chi connectivity index (χ0n) is 17.5. The van der Waals surface area contributed by atoms with E-state index in [4.69, 9.17) is 9.72 Å². The van der Waals surface area contributed by atoms with Crippen molar-refractivity contribution >= 4 is 39.0 Å². The standard InChI is InChI=1S/C22H23N5O3S2/c28-19-14-16(23-21-26(19)10-13-31-21)15-32-22-24-18-5-2-1-4-17(18)20(29)27(22)7-3-6-25-8-11-30-12-9-25/h1-2,4-5,10,13-14H,3,6-9,11-12,15H2. The quantitative estimate of drug-likeness (QED) is 0.304. The lowest BCUT2D eigenvalue weighted by Gasteiger charge is -2.26. The first kappa shape index (κ1) is 21.3. The molecular weight excluding hydrogens is 446 g/mol. The Morgan fingerprint density at radius 3 is 2.81 bits per heavy atom. The summed E-state index contributed by atoms with van der Waals surface area (Å²) < 4.78 is 8.72. The fourth-order valence-electron chi connectivity index (χ4n) is 3.83. The van der Waals surface area contributed by atoms with Gasteiger partial charge >= 0.3 is 0 Å². The monoisotopic (exact) mass is 469 g/mol. The highest BCUT2D eigenvalue weighted by Crippen LogP contribution is 2.22. The molecule has 4 aromatic rings. The predicted octanol–water partition coefficient (Wildman–Crippen LogP) is 2.48. The van der Waals surface area contributed by atoms with E-state index in [0.717, 1.165) is 39.3 Å².